The van der Waals surface area contributed by atoms with Crippen molar-refractivity contribution in [1.82, 2.24) is 10.2 Å². The standard InChI is InChI=1S/C30H34BrCl2N3O4S/c1-5-21(4)34-30(38)28(6-2)35(18-22-12-15-26(32)27(33)16-22)29(37)19-36(24-9-7-8-23(31)17-24)41(39,40)25-13-10-20(3)11-14-25/h7-17,21,28H,5-6,18-19H2,1-4H3,(H,34,38). The van der Waals surface area contributed by atoms with Gasteiger partial charge in [-0.05, 0) is 74.7 Å². The highest BCUT2D eigenvalue weighted by Gasteiger charge is 2.34. The highest BCUT2D eigenvalue weighted by atomic mass is 79.9. The van der Waals surface area contributed by atoms with Crippen LogP contribution in [0.25, 0.3) is 0 Å². The summed E-state index contributed by atoms with van der Waals surface area (Å²) in [4.78, 5) is 28.9. The summed E-state index contributed by atoms with van der Waals surface area (Å²) in [5.41, 5.74) is 1.86. The predicted octanol–water partition coefficient (Wildman–Crippen LogP) is 6.98. The monoisotopic (exact) mass is 681 g/mol. The number of nitrogens with zero attached hydrogens (tertiary/aromatic N) is 2. The SMILES string of the molecule is CCC(C)NC(=O)C(CC)N(Cc1ccc(Cl)c(Cl)c1)C(=O)CN(c1cccc(Br)c1)S(=O)(=O)c1ccc(C)cc1. The van der Waals surface area contributed by atoms with Crippen LogP contribution >= 0.6 is 39.1 Å². The fraction of sp³-hybridized carbons (Fsp3) is 0.333. The molecule has 0 radical (unpaired) electrons. The van der Waals surface area contributed by atoms with Crippen molar-refractivity contribution in [3.05, 3.63) is 92.4 Å². The molecule has 0 aliphatic carbocycles. The Kier molecular flexibility index (Phi) is 11.7. The molecule has 0 saturated carbocycles. The fourth-order valence-electron chi connectivity index (χ4n) is 4.19. The third kappa shape index (κ3) is 8.47. The van der Waals surface area contributed by atoms with Crippen LogP contribution in [0.3, 0.4) is 0 Å². The summed E-state index contributed by atoms with van der Waals surface area (Å²) in [7, 11) is -4.15. The van der Waals surface area contributed by atoms with E-state index in [1.54, 1.807) is 54.6 Å². The van der Waals surface area contributed by atoms with Crippen LogP contribution in [0.15, 0.2) is 76.1 Å². The van der Waals surface area contributed by atoms with Crippen LogP contribution in [0.1, 0.15) is 44.7 Å². The molecule has 0 aliphatic rings. The van der Waals surface area contributed by atoms with Crippen LogP contribution in [0.2, 0.25) is 10.0 Å². The van der Waals surface area contributed by atoms with Crippen molar-refractivity contribution in [3.63, 3.8) is 0 Å². The first-order chi connectivity index (χ1) is 19.4. The van der Waals surface area contributed by atoms with Crippen LogP contribution in [-0.2, 0) is 26.2 Å². The number of carbonyl (C=O) groups excluding carboxylic acids is 2. The zero-order valence-corrected chi connectivity index (χ0v) is 27.3. The molecule has 2 atom stereocenters. The van der Waals surface area contributed by atoms with Crippen LogP contribution in [0.4, 0.5) is 5.69 Å². The van der Waals surface area contributed by atoms with Gasteiger partial charge in [-0.1, -0.05) is 82.8 Å². The van der Waals surface area contributed by atoms with E-state index in [1.165, 1.54) is 17.0 Å². The van der Waals surface area contributed by atoms with E-state index in [0.717, 1.165) is 9.87 Å². The van der Waals surface area contributed by atoms with Crippen molar-refractivity contribution in [2.75, 3.05) is 10.8 Å². The lowest BCUT2D eigenvalue weighted by Gasteiger charge is -2.33. The Morgan fingerprint density at radius 1 is 0.951 bits per heavy atom. The number of hydrogen-bond acceptors (Lipinski definition) is 4. The number of amides is 2. The van der Waals surface area contributed by atoms with Crippen LogP contribution < -0.4 is 9.62 Å². The lowest BCUT2D eigenvalue weighted by molar-refractivity contribution is -0.140. The Balaban J connectivity index is 2.08. The van der Waals surface area contributed by atoms with Crippen molar-refractivity contribution < 1.29 is 18.0 Å². The third-order valence-corrected chi connectivity index (χ3v) is 9.73. The maximum Gasteiger partial charge on any atom is 0.264 e. The first-order valence-electron chi connectivity index (χ1n) is 13.3. The molecule has 2 amide bonds. The molecule has 0 aliphatic heterocycles. The zero-order valence-electron chi connectivity index (χ0n) is 23.4. The molecular weight excluding hydrogens is 649 g/mol. The summed E-state index contributed by atoms with van der Waals surface area (Å²) < 4.78 is 29.6. The van der Waals surface area contributed by atoms with Crippen LogP contribution in [0.5, 0.6) is 0 Å². The smallest absolute Gasteiger partial charge is 0.264 e. The Hall–Kier alpha value is -2.59. The second-order valence-electron chi connectivity index (χ2n) is 9.82. The molecule has 41 heavy (non-hydrogen) atoms. The number of sulfonamides is 1. The van der Waals surface area contributed by atoms with E-state index in [0.29, 0.717) is 38.6 Å². The number of hydrogen-bond donors (Lipinski definition) is 1. The molecule has 0 bridgehead atoms. The van der Waals surface area contributed by atoms with Gasteiger partial charge in [-0.15, -0.1) is 0 Å². The van der Waals surface area contributed by atoms with Gasteiger partial charge in [-0.2, -0.15) is 0 Å². The molecule has 0 saturated heterocycles. The van der Waals surface area contributed by atoms with E-state index in [4.69, 9.17) is 23.2 Å². The number of aryl methyl sites for hydroxylation is 1. The fourth-order valence-corrected chi connectivity index (χ4v) is 6.31. The van der Waals surface area contributed by atoms with Gasteiger partial charge in [0.2, 0.25) is 11.8 Å². The van der Waals surface area contributed by atoms with Gasteiger partial charge in [0.1, 0.15) is 12.6 Å². The zero-order chi connectivity index (χ0) is 30.3. The van der Waals surface area contributed by atoms with Gasteiger partial charge in [0, 0.05) is 17.1 Å². The van der Waals surface area contributed by atoms with Crippen molar-refractivity contribution in [3.8, 4) is 0 Å². The molecule has 2 unspecified atom stereocenters. The van der Waals surface area contributed by atoms with Gasteiger partial charge in [0.05, 0.1) is 20.6 Å². The predicted molar refractivity (Wildman–Crippen MR) is 169 cm³/mol. The summed E-state index contributed by atoms with van der Waals surface area (Å²) >= 11 is 15.8. The normalized spacial score (nSPS) is 12.9. The van der Waals surface area contributed by atoms with E-state index in [-0.39, 0.29) is 23.4 Å². The molecule has 0 fully saturated rings. The number of carbonyl (C=O) groups is 2. The number of halogens is 3. The molecule has 7 nitrogen and oxygen atoms in total. The molecule has 3 rings (SSSR count). The average molecular weight is 683 g/mol. The van der Waals surface area contributed by atoms with Gasteiger partial charge >= 0.3 is 0 Å². The lowest BCUT2D eigenvalue weighted by atomic mass is 10.1. The van der Waals surface area contributed by atoms with E-state index in [1.807, 2.05) is 27.7 Å². The Morgan fingerprint density at radius 2 is 1.63 bits per heavy atom. The molecule has 11 heteroatoms. The average Bonchev–Trinajstić information content (AvgIpc) is 2.93. The van der Waals surface area contributed by atoms with Crippen LogP contribution in [-0.4, -0.2) is 43.8 Å². The molecule has 1 N–H and O–H groups in total. The second kappa shape index (κ2) is 14.5. The van der Waals surface area contributed by atoms with Gasteiger partial charge < -0.3 is 10.2 Å². The number of rotatable bonds is 12. The van der Waals surface area contributed by atoms with E-state index in [2.05, 4.69) is 21.2 Å². The largest absolute Gasteiger partial charge is 0.352 e. The summed E-state index contributed by atoms with van der Waals surface area (Å²) in [5, 5.41) is 3.63. The van der Waals surface area contributed by atoms with Gasteiger partial charge in [0.25, 0.3) is 10.0 Å². The van der Waals surface area contributed by atoms with Gasteiger partial charge in [0.15, 0.2) is 0 Å². The van der Waals surface area contributed by atoms with Gasteiger partial charge in [-0.3, -0.25) is 13.9 Å². The Bertz CT molecular complexity index is 1490. The highest BCUT2D eigenvalue weighted by Crippen LogP contribution is 2.28. The first kappa shape index (κ1) is 32.9. The second-order valence-corrected chi connectivity index (χ2v) is 13.4. The Labute approximate surface area is 261 Å². The first-order valence-corrected chi connectivity index (χ1v) is 16.2. The quantitative estimate of drug-likeness (QED) is 0.223. The third-order valence-electron chi connectivity index (χ3n) is 6.71. The number of anilines is 1. The molecule has 220 valence electrons. The molecule has 0 spiro atoms. The van der Waals surface area contributed by atoms with Crippen molar-refractivity contribution in [2.45, 2.75) is 64.1 Å². The minimum Gasteiger partial charge on any atom is -0.352 e. The van der Waals surface area contributed by atoms with Crippen molar-refractivity contribution in [2.24, 2.45) is 0 Å². The summed E-state index contributed by atoms with van der Waals surface area (Å²) in [6.07, 6.45) is 1.03. The van der Waals surface area contributed by atoms with Gasteiger partial charge in [-0.25, -0.2) is 8.42 Å². The maximum atomic E-state index is 14.1. The molecule has 3 aromatic rings. The number of nitrogens with one attached hydrogen (secondary N) is 1. The number of benzene rings is 3. The van der Waals surface area contributed by atoms with E-state index < -0.39 is 28.5 Å². The molecular formula is C30H34BrCl2N3O4S. The lowest BCUT2D eigenvalue weighted by Crippen LogP contribution is -2.53. The highest BCUT2D eigenvalue weighted by molar-refractivity contribution is 9.10. The molecule has 3 aromatic carbocycles. The van der Waals surface area contributed by atoms with Crippen LogP contribution in [0, 0.1) is 6.92 Å². The topological polar surface area (TPSA) is 86.8 Å². The molecule has 0 heterocycles. The van der Waals surface area contributed by atoms with E-state index >= 15 is 0 Å². The van der Waals surface area contributed by atoms with Crippen molar-refractivity contribution in [1.29, 1.82) is 0 Å². The Morgan fingerprint density at radius 3 is 2.22 bits per heavy atom. The maximum absolute atomic E-state index is 14.1. The minimum absolute atomic E-state index is 0.0268. The molecule has 0 aromatic heterocycles. The summed E-state index contributed by atoms with van der Waals surface area (Å²) in [6.45, 7) is 7.02. The summed E-state index contributed by atoms with van der Waals surface area (Å²) in [6, 6.07) is 17.2. The summed E-state index contributed by atoms with van der Waals surface area (Å²) in [5.74, 6) is -0.858. The van der Waals surface area contributed by atoms with E-state index in [9.17, 15) is 18.0 Å². The van der Waals surface area contributed by atoms with Crippen molar-refractivity contribution >= 4 is 66.7 Å². The minimum atomic E-state index is -4.15.